The molecule has 0 radical (unpaired) electrons. The van der Waals surface area contributed by atoms with Gasteiger partial charge in [-0.1, -0.05) is 6.92 Å². The smallest absolute Gasteiger partial charge is 0.239 e. The van der Waals surface area contributed by atoms with E-state index in [1.54, 1.807) is 0 Å². The first kappa shape index (κ1) is 20.5. The van der Waals surface area contributed by atoms with Crippen LogP contribution in [-0.2, 0) is 9.59 Å². The van der Waals surface area contributed by atoms with Gasteiger partial charge in [0.1, 0.15) is 0 Å². The van der Waals surface area contributed by atoms with Gasteiger partial charge in [0.15, 0.2) is 0 Å². The first-order valence-corrected chi connectivity index (χ1v) is 10.4. The average molecular weight is 381 g/mol. The number of nitrogens with zero attached hydrogens (tertiary/aromatic N) is 1. The number of rotatable bonds is 5. The number of likely N-dealkylation sites (tertiary alicyclic amines) is 1. The van der Waals surface area contributed by atoms with Gasteiger partial charge in [0.2, 0.25) is 11.8 Å². The Balaban J connectivity index is 1.47. The first-order chi connectivity index (χ1) is 12.9. The van der Waals surface area contributed by atoms with Crippen LogP contribution in [0.2, 0.25) is 0 Å². The zero-order valence-electron chi connectivity index (χ0n) is 17.0. The minimum Gasteiger partial charge on any atom is -0.352 e. The minimum absolute atomic E-state index is 0.00339. The van der Waals surface area contributed by atoms with Crippen molar-refractivity contribution >= 4 is 11.8 Å². The van der Waals surface area contributed by atoms with Gasteiger partial charge in [0.05, 0.1) is 18.9 Å². The zero-order chi connectivity index (χ0) is 19.6. The zero-order valence-corrected chi connectivity index (χ0v) is 17.0. The Labute approximate surface area is 162 Å². The summed E-state index contributed by atoms with van der Waals surface area (Å²) in [4.78, 5) is 26.6. The van der Waals surface area contributed by atoms with E-state index in [0.717, 1.165) is 32.6 Å². The Morgan fingerprint density at radius 3 is 2.52 bits per heavy atom. The van der Waals surface area contributed by atoms with Crippen LogP contribution in [0.5, 0.6) is 0 Å². The molecule has 0 aliphatic carbocycles. The molecule has 154 valence electrons. The summed E-state index contributed by atoms with van der Waals surface area (Å²) in [6.45, 7) is 11.1. The number of hydrogen-bond acceptors (Lipinski definition) is 6. The average Bonchev–Trinajstić information content (AvgIpc) is 2.93. The van der Waals surface area contributed by atoms with E-state index >= 15 is 0 Å². The van der Waals surface area contributed by atoms with E-state index in [1.807, 2.05) is 13.8 Å². The molecule has 8 heteroatoms. The van der Waals surface area contributed by atoms with E-state index in [4.69, 9.17) is 0 Å². The number of carbonyl (C=O) groups is 2. The topological polar surface area (TPSA) is 97.5 Å². The molecule has 0 aromatic carbocycles. The Hall–Kier alpha value is -1.22. The van der Waals surface area contributed by atoms with Crippen LogP contribution in [0.3, 0.4) is 0 Å². The van der Waals surface area contributed by atoms with Crippen molar-refractivity contribution in [3.8, 4) is 0 Å². The van der Waals surface area contributed by atoms with Crippen LogP contribution in [-0.4, -0.2) is 67.4 Å². The van der Waals surface area contributed by atoms with E-state index in [2.05, 4.69) is 45.3 Å². The molecule has 2 amide bonds. The van der Waals surface area contributed by atoms with Crippen molar-refractivity contribution in [1.29, 1.82) is 0 Å². The molecular formula is C19H36N6O2. The molecular weight excluding hydrogens is 344 g/mol. The summed E-state index contributed by atoms with van der Waals surface area (Å²) in [6, 6.07) is 0.601. The van der Waals surface area contributed by atoms with Gasteiger partial charge < -0.3 is 10.6 Å². The monoisotopic (exact) mass is 380 g/mol. The molecule has 5 unspecified atom stereocenters. The fourth-order valence-corrected chi connectivity index (χ4v) is 4.75. The quantitative estimate of drug-likeness (QED) is 0.436. The van der Waals surface area contributed by atoms with E-state index < -0.39 is 0 Å². The molecule has 5 N–H and O–H groups in total. The van der Waals surface area contributed by atoms with Crippen molar-refractivity contribution in [2.24, 2.45) is 17.8 Å². The molecule has 3 aliphatic heterocycles. The highest BCUT2D eigenvalue weighted by atomic mass is 16.2. The highest BCUT2D eigenvalue weighted by Crippen LogP contribution is 2.33. The summed E-state index contributed by atoms with van der Waals surface area (Å²) in [5, 5.41) is 16.4. The largest absolute Gasteiger partial charge is 0.352 e. The van der Waals surface area contributed by atoms with E-state index in [-0.39, 0.29) is 30.3 Å². The third-order valence-corrected chi connectivity index (χ3v) is 6.39. The molecule has 8 nitrogen and oxygen atoms in total. The lowest BCUT2D eigenvalue weighted by Gasteiger charge is -2.45. The molecule has 3 heterocycles. The van der Waals surface area contributed by atoms with Crippen LogP contribution >= 0.6 is 0 Å². The molecule has 3 saturated heterocycles. The molecule has 0 saturated carbocycles. The highest BCUT2D eigenvalue weighted by Gasteiger charge is 2.46. The van der Waals surface area contributed by atoms with E-state index in [0.29, 0.717) is 30.2 Å². The Morgan fingerprint density at radius 1 is 1.15 bits per heavy atom. The maximum atomic E-state index is 12.4. The Kier molecular flexibility index (Phi) is 6.73. The Bertz CT molecular complexity index is 534. The van der Waals surface area contributed by atoms with Crippen molar-refractivity contribution in [2.75, 3.05) is 26.3 Å². The second-order valence-corrected chi connectivity index (χ2v) is 8.65. The third kappa shape index (κ3) is 4.80. The Morgan fingerprint density at radius 2 is 1.85 bits per heavy atom. The van der Waals surface area contributed by atoms with Crippen LogP contribution in [0.1, 0.15) is 40.5 Å². The fraction of sp³-hybridized carbons (Fsp3) is 0.895. The van der Waals surface area contributed by atoms with Crippen LogP contribution in [0, 0.1) is 17.8 Å². The van der Waals surface area contributed by atoms with E-state index in [9.17, 15) is 9.59 Å². The van der Waals surface area contributed by atoms with Crippen molar-refractivity contribution in [3.63, 3.8) is 0 Å². The summed E-state index contributed by atoms with van der Waals surface area (Å²) in [6.07, 6.45) is 2.40. The second kappa shape index (κ2) is 8.86. The molecule has 5 atom stereocenters. The van der Waals surface area contributed by atoms with Crippen LogP contribution < -0.4 is 26.6 Å². The fourth-order valence-electron chi connectivity index (χ4n) is 4.75. The van der Waals surface area contributed by atoms with Gasteiger partial charge in [-0.15, -0.1) is 0 Å². The minimum atomic E-state index is -0.127. The number of amides is 2. The maximum Gasteiger partial charge on any atom is 0.239 e. The van der Waals surface area contributed by atoms with Crippen molar-refractivity contribution in [1.82, 2.24) is 31.5 Å². The lowest BCUT2D eigenvalue weighted by molar-refractivity contribution is -0.130. The van der Waals surface area contributed by atoms with Gasteiger partial charge in [-0.3, -0.25) is 30.4 Å². The van der Waals surface area contributed by atoms with Gasteiger partial charge in [0, 0.05) is 43.7 Å². The normalized spacial score (nSPS) is 35.1. The number of carbonyl (C=O) groups excluding carboxylic acids is 2. The van der Waals surface area contributed by atoms with Crippen molar-refractivity contribution in [3.05, 3.63) is 0 Å². The van der Waals surface area contributed by atoms with E-state index in [1.165, 1.54) is 0 Å². The molecule has 3 aliphatic rings. The molecule has 0 spiro atoms. The number of hydrogen-bond donors (Lipinski definition) is 5. The van der Waals surface area contributed by atoms with Gasteiger partial charge >= 0.3 is 0 Å². The molecule has 0 aromatic heterocycles. The summed E-state index contributed by atoms with van der Waals surface area (Å²) in [7, 11) is 0. The van der Waals surface area contributed by atoms with Gasteiger partial charge in [0.25, 0.3) is 0 Å². The summed E-state index contributed by atoms with van der Waals surface area (Å²) >= 11 is 0. The van der Waals surface area contributed by atoms with Crippen LogP contribution in [0.4, 0.5) is 0 Å². The number of nitrogens with one attached hydrogen (secondary N) is 5. The summed E-state index contributed by atoms with van der Waals surface area (Å²) in [5.74, 6) is 1.01. The van der Waals surface area contributed by atoms with Crippen LogP contribution in [0.25, 0.3) is 0 Å². The van der Waals surface area contributed by atoms with Gasteiger partial charge in [-0.2, -0.15) is 0 Å². The number of fused-ring (bicyclic) bond motifs is 1. The molecule has 3 fully saturated rings. The number of piperidine rings is 1. The lowest BCUT2D eigenvalue weighted by Crippen LogP contribution is -2.65. The van der Waals surface area contributed by atoms with Crippen LogP contribution in [0.15, 0.2) is 0 Å². The predicted molar refractivity (Wildman–Crippen MR) is 105 cm³/mol. The first-order valence-electron chi connectivity index (χ1n) is 10.4. The standard InChI is InChI=1S/C19H36N6O2/c1-11(2)23-15(26)9-20-19(27)14-5-7-25(8-6-14)18-16-12(3)13(4)24-17(16)21-10-22-18/h11-14,16-18,21-22,24H,5-10H2,1-4H3,(H,20,27)(H,23,26). The predicted octanol–water partition coefficient (Wildman–Crippen LogP) is -0.614. The SMILES string of the molecule is CC(C)NC(=O)CNC(=O)C1CCN(C2NCNC3NC(C)C(C)C32)CC1. The molecule has 3 rings (SSSR count). The summed E-state index contributed by atoms with van der Waals surface area (Å²) in [5.41, 5.74) is 0. The van der Waals surface area contributed by atoms with Crippen molar-refractivity contribution < 1.29 is 9.59 Å². The lowest BCUT2D eigenvalue weighted by atomic mass is 9.85. The van der Waals surface area contributed by atoms with Gasteiger partial charge in [-0.25, -0.2) is 0 Å². The maximum absolute atomic E-state index is 12.4. The molecule has 27 heavy (non-hydrogen) atoms. The molecule has 0 aromatic rings. The summed E-state index contributed by atoms with van der Waals surface area (Å²) < 4.78 is 0. The second-order valence-electron chi connectivity index (χ2n) is 8.65. The highest BCUT2D eigenvalue weighted by molar-refractivity contribution is 5.85. The third-order valence-electron chi connectivity index (χ3n) is 6.39. The van der Waals surface area contributed by atoms with Gasteiger partial charge in [-0.05, 0) is 39.5 Å². The van der Waals surface area contributed by atoms with Crippen molar-refractivity contribution in [2.45, 2.75) is 65.0 Å². The molecule has 0 bridgehead atoms.